The highest BCUT2D eigenvalue weighted by Gasteiger charge is 2.37. The maximum Gasteiger partial charge on any atom is 0.258 e. The highest BCUT2D eigenvalue weighted by atomic mass is 16.5. The van der Waals surface area contributed by atoms with Crippen LogP contribution in [0, 0.1) is 5.92 Å². The van der Waals surface area contributed by atoms with Crippen molar-refractivity contribution in [3.05, 3.63) is 66.2 Å². The molecular weight excluding hydrogens is 392 g/mol. The Hall–Kier alpha value is -2.99. The summed E-state index contributed by atoms with van der Waals surface area (Å²) in [6.07, 6.45) is 1.40. The molecule has 164 valence electrons. The fourth-order valence-corrected chi connectivity index (χ4v) is 3.59. The zero-order valence-electron chi connectivity index (χ0n) is 18.2. The van der Waals surface area contributed by atoms with Crippen LogP contribution in [0.15, 0.2) is 60.7 Å². The quantitative estimate of drug-likeness (QED) is 0.545. The first-order valence-electron chi connectivity index (χ1n) is 10.9. The summed E-state index contributed by atoms with van der Waals surface area (Å²) < 4.78 is 5.90. The fraction of sp³-hybridized carbons (Fsp3) is 0.400. The van der Waals surface area contributed by atoms with E-state index in [9.17, 15) is 14.4 Å². The molecule has 1 saturated heterocycles. The monoisotopic (exact) mass is 422 g/mol. The number of imide groups is 1. The molecule has 0 aliphatic carbocycles. The Bertz CT molecular complexity index is 869. The lowest BCUT2D eigenvalue weighted by atomic mass is 10.1. The topological polar surface area (TPSA) is 66.9 Å². The van der Waals surface area contributed by atoms with E-state index in [1.165, 1.54) is 4.90 Å². The van der Waals surface area contributed by atoms with Crippen molar-refractivity contribution in [3.63, 3.8) is 0 Å². The first-order chi connectivity index (χ1) is 15.0. The van der Waals surface area contributed by atoms with Crippen LogP contribution in [0.5, 0.6) is 0 Å². The summed E-state index contributed by atoms with van der Waals surface area (Å²) >= 11 is 0. The maximum atomic E-state index is 13.4. The van der Waals surface area contributed by atoms with E-state index in [-0.39, 0.29) is 43.7 Å². The summed E-state index contributed by atoms with van der Waals surface area (Å²) in [5, 5.41) is 0. The molecule has 1 fully saturated rings. The summed E-state index contributed by atoms with van der Waals surface area (Å²) in [7, 11) is 0. The number of benzene rings is 2. The van der Waals surface area contributed by atoms with Crippen molar-refractivity contribution < 1.29 is 19.1 Å². The Morgan fingerprint density at radius 3 is 2.13 bits per heavy atom. The molecule has 0 N–H and O–H groups in total. The van der Waals surface area contributed by atoms with Gasteiger partial charge in [-0.2, -0.15) is 0 Å². The number of anilines is 1. The van der Waals surface area contributed by atoms with Crippen LogP contribution in [0.3, 0.4) is 0 Å². The van der Waals surface area contributed by atoms with Crippen molar-refractivity contribution in [1.29, 1.82) is 0 Å². The van der Waals surface area contributed by atoms with Crippen molar-refractivity contribution in [3.8, 4) is 0 Å². The van der Waals surface area contributed by atoms with E-state index in [1.54, 1.807) is 17.0 Å². The minimum absolute atomic E-state index is 0.176. The highest BCUT2D eigenvalue weighted by Crippen LogP contribution is 2.22. The van der Waals surface area contributed by atoms with E-state index in [0.29, 0.717) is 23.8 Å². The van der Waals surface area contributed by atoms with Crippen LogP contribution < -0.4 is 4.90 Å². The molecule has 1 aliphatic heterocycles. The molecule has 3 rings (SSSR count). The van der Waals surface area contributed by atoms with Gasteiger partial charge in [0.2, 0.25) is 11.8 Å². The van der Waals surface area contributed by atoms with Crippen LogP contribution in [0.2, 0.25) is 0 Å². The van der Waals surface area contributed by atoms with Gasteiger partial charge in [-0.15, -0.1) is 0 Å². The van der Waals surface area contributed by atoms with Crippen molar-refractivity contribution in [2.24, 2.45) is 5.92 Å². The zero-order chi connectivity index (χ0) is 22.2. The largest absolute Gasteiger partial charge is 0.379 e. The van der Waals surface area contributed by atoms with E-state index in [2.05, 4.69) is 13.8 Å². The number of carbonyl (C=O) groups excluding carboxylic acids is 3. The summed E-state index contributed by atoms with van der Waals surface area (Å²) in [5.74, 6) is -0.218. The molecule has 1 aliphatic rings. The van der Waals surface area contributed by atoms with Crippen LogP contribution in [-0.2, 0) is 14.3 Å². The minimum atomic E-state index is -0.542. The number of hydrogen-bond acceptors (Lipinski definition) is 4. The van der Waals surface area contributed by atoms with Gasteiger partial charge < -0.3 is 9.64 Å². The lowest BCUT2D eigenvalue weighted by Gasteiger charge is -2.32. The first-order valence-corrected chi connectivity index (χ1v) is 10.9. The van der Waals surface area contributed by atoms with Gasteiger partial charge in [0.15, 0.2) is 0 Å². The second kappa shape index (κ2) is 10.9. The van der Waals surface area contributed by atoms with Crippen molar-refractivity contribution >= 4 is 23.4 Å². The van der Waals surface area contributed by atoms with Crippen LogP contribution in [0.25, 0.3) is 0 Å². The molecule has 6 nitrogen and oxygen atoms in total. The molecule has 1 unspecified atom stereocenters. The number of ether oxygens (including phenoxy) is 1. The van der Waals surface area contributed by atoms with E-state index in [0.717, 1.165) is 6.42 Å². The standard InChI is InChI=1S/C25H30N2O4/c1-3-19(2)17-31-18-22(27-23(28)14-15-24(27)29)16-26(21-12-8-5-9-13-21)25(30)20-10-6-4-7-11-20/h4-13,19,22H,3,14-18H2,1-2H3/t19?,22-/m1/s1. The van der Waals surface area contributed by atoms with Crippen LogP contribution >= 0.6 is 0 Å². The molecule has 2 atom stereocenters. The Morgan fingerprint density at radius 2 is 1.55 bits per heavy atom. The third-order valence-electron chi connectivity index (χ3n) is 5.59. The normalized spacial score (nSPS) is 15.7. The lowest BCUT2D eigenvalue weighted by Crippen LogP contribution is -2.50. The summed E-state index contributed by atoms with van der Waals surface area (Å²) in [6.45, 7) is 5.11. The number of carbonyl (C=O) groups is 3. The van der Waals surface area contributed by atoms with Gasteiger partial charge in [0.05, 0.1) is 12.6 Å². The van der Waals surface area contributed by atoms with Crippen LogP contribution in [0.4, 0.5) is 5.69 Å². The van der Waals surface area contributed by atoms with E-state index in [1.807, 2.05) is 48.5 Å². The van der Waals surface area contributed by atoms with Gasteiger partial charge in [-0.1, -0.05) is 56.7 Å². The second-order valence-electron chi connectivity index (χ2n) is 7.98. The number of amides is 3. The lowest BCUT2D eigenvalue weighted by molar-refractivity contribution is -0.142. The van der Waals surface area contributed by atoms with Crippen molar-refractivity contribution in [2.75, 3.05) is 24.7 Å². The van der Waals surface area contributed by atoms with Gasteiger partial charge in [0.1, 0.15) is 0 Å². The number of hydrogen-bond donors (Lipinski definition) is 0. The molecule has 0 radical (unpaired) electrons. The average molecular weight is 423 g/mol. The molecule has 2 aromatic carbocycles. The van der Waals surface area contributed by atoms with E-state index < -0.39 is 6.04 Å². The fourth-order valence-electron chi connectivity index (χ4n) is 3.59. The summed E-state index contributed by atoms with van der Waals surface area (Å²) in [4.78, 5) is 41.3. The van der Waals surface area contributed by atoms with Gasteiger partial charge in [-0.25, -0.2) is 0 Å². The van der Waals surface area contributed by atoms with Crippen molar-refractivity contribution in [2.45, 2.75) is 39.2 Å². The van der Waals surface area contributed by atoms with Gasteiger partial charge in [-0.3, -0.25) is 19.3 Å². The Balaban J connectivity index is 1.88. The van der Waals surface area contributed by atoms with E-state index >= 15 is 0 Å². The van der Waals surface area contributed by atoms with Crippen molar-refractivity contribution in [1.82, 2.24) is 4.90 Å². The van der Waals surface area contributed by atoms with Gasteiger partial charge >= 0.3 is 0 Å². The van der Waals surface area contributed by atoms with Gasteiger partial charge in [-0.05, 0) is 30.2 Å². The molecular formula is C25H30N2O4. The molecule has 0 saturated carbocycles. The van der Waals surface area contributed by atoms with E-state index in [4.69, 9.17) is 4.74 Å². The summed E-state index contributed by atoms with van der Waals surface area (Å²) in [6, 6.07) is 17.8. The molecule has 2 aromatic rings. The minimum Gasteiger partial charge on any atom is -0.379 e. The third-order valence-corrected chi connectivity index (χ3v) is 5.59. The molecule has 0 spiro atoms. The number of para-hydroxylation sites is 1. The molecule has 6 heteroatoms. The zero-order valence-corrected chi connectivity index (χ0v) is 18.2. The molecule has 0 aromatic heterocycles. The van der Waals surface area contributed by atoms with Crippen LogP contribution in [0.1, 0.15) is 43.5 Å². The second-order valence-corrected chi connectivity index (χ2v) is 7.98. The predicted octanol–water partition coefficient (Wildman–Crippen LogP) is 3.91. The number of likely N-dealkylation sites (tertiary alicyclic amines) is 1. The molecule has 3 amide bonds. The summed E-state index contributed by atoms with van der Waals surface area (Å²) in [5.41, 5.74) is 1.26. The van der Waals surface area contributed by atoms with Gasteiger partial charge in [0.25, 0.3) is 5.91 Å². The SMILES string of the molecule is CCC(C)COC[C@@H](CN(C(=O)c1ccccc1)c1ccccc1)N1C(=O)CCC1=O. The first kappa shape index (κ1) is 22.7. The molecule has 31 heavy (non-hydrogen) atoms. The Kier molecular flexibility index (Phi) is 7.95. The predicted molar refractivity (Wildman–Crippen MR) is 120 cm³/mol. The number of nitrogens with zero attached hydrogens (tertiary/aromatic N) is 2. The third kappa shape index (κ3) is 5.79. The smallest absolute Gasteiger partial charge is 0.258 e. The Labute approximate surface area is 183 Å². The highest BCUT2D eigenvalue weighted by molar-refractivity contribution is 6.06. The molecule has 1 heterocycles. The Morgan fingerprint density at radius 1 is 0.968 bits per heavy atom. The average Bonchev–Trinajstić information content (AvgIpc) is 3.14. The number of rotatable bonds is 10. The van der Waals surface area contributed by atoms with Crippen LogP contribution in [-0.4, -0.2) is 48.4 Å². The van der Waals surface area contributed by atoms with Gasteiger partial charge in [0, 0.05) is 37.2 Å². The molecule has 0 bridgehead atoms. The maximum absolute atomic E-state index is 13.4.